The van der Waals surface area contributed by atoms with Gasteiger partial charge in [0.15, 0.2) is 0 Å². The minimum absolute atomic E-state index is 0.101. The van der Waals surface area contributed by atoms with E-state index in [1.807, 2.05) is 0 Å². The summed E-state index contributed by atoms with van der Waals surface area (Å²) in [5, 5.41) is 9.70. The highest BCUT2D eigenvalue weighted by Gasteiger charge is 2.36. The normalized spacial score (nSPS) is 13.2. The average molecular weight is 241 g/mol. The molecule has 0 aliphatic heterocycles. The van der Waals surface area contributed by atoms with Crippen molar-refractivity contribution in [2.75, 3.05) is 7.11 Å². The first-order valence-electron chi connectivity index (χ1n) is 5.13. The fourth-order valence-electron chi connectivity index (χ4n) is 1.61. The highest BCUT2D eigenvalue weighted by molar-refractivity contribution is 5.78. The number of benzene rings is 1. The maximum atomic E-state index is 13.2. The van der Waals surface area contributed by atoms with Crippen molar-refractivity contribution < 1.29 is 19.0 Å². The fourth-order valence-corrected chi connectivity index (χ4v) is 1.61. The third-order valence-corrected chi connectivity index (χ3v) is 2.89. The summed E-state index contributed by atoms with van der Waals surface area (Å²) in [6.45, 7) is 3.28. The Morgan fingerprint density at radius 2 is 2.12 bits per heavy atom. The molecular formula is C12H16FNO3. The van der Waals surface area contributed by atoms with E-state index >= 15 is 0 Å². The van der Waals surface area contributed by atoms with Crippen LogP contribution >= 0.6 is 0 Å². The second kappa shape index (κ2) is 4.71. The first-order valence-corrected chi connectivity index (χ1v) is 5.13. The number of aromatic hydroxyl groups is 1. The average Bonchev–Trinajstić information content (AvgIpc) is 2.30. The molecule has 0 saturated heterocycles. The molecule has 0 heterocycles. The van der Waals surface area contributed by atoms with Crippen molar-refractivity contribution in [3.63, 3.8) is 0 Å². The molecule has 0 aliphatic rings. The van der Waals surface area contributed by atoms with Crippen LogP contribution in [0.2, 0.25) is 0 Å². The second-order valence-corrected chi connectivity index (χ2v) is 4.38. The number of carbonyl (C=O) groups excluding carboxylic acids is 1. The van der Waals surface area contributed by atoms with Gasteiger partial charge in [0.05, 0.1) is 7.11 Å². The predicted octanol–water partition coefficient (Wildman–Crippen LogP) is 1.31. The summed E-state index contributed by atoms with van der Waals surface area (Å²) in [7, 11) is 1.23. The molecule has 1 atom stereocenters. The Labute approximate surface area is 99.2 Å². The monoisotopic (exact) mass is 241 g/mol. The van der Waals surface area contributed by atoms with Crippen molar-refractivity contribution >= 4 is 5.97 Å². The third kappa shape index (κ3) is 2.55. The summed E-state index contributed by atoms with van der Waals surface area (Å²) < 4.78 is 17.7. The highest BCUT2D eigenvalue weighted by Crippen LogP contribution is 2.33. The summed E-state index contributed by atoms with van der Waals surface area (Å²) in [5.74, 6) is -1.21. The van der Waals surface area contributed by atoms with Gasteiger partial charge in [-0.2, -0.15) is 0 Å². The predicted molar refractivity (Wildman–Crippen MR) is 61.1 cm³/mol. The summed E-state index contributed by atoms with van der Waals surface area (Å²) in [5.41, 5.74) is 5.09. The minimum Gasteiger partial charge on any atom is -0.508 e. The van der Waals surface area contributed by atoms with Gasteiger partial charge >= 0.3 is 5.97 Å². The Morgan fingerprint density at radius 1 is 1.53 bits per heavy atom. The number of carbonyl (C=O) groups is 1. The molecule has 4 nitrogen and oxygen atoms in total. The lowest BCUT2D eigenvalue weighted by atomic mass is 9.77. The maximum absolute atomic E-state index is 13.2. The molecule has 17 heavy (non-hydrogen) atoms. The number of nitrogens with two attached hydrogens (primary N) is 1. The van der Waals surface area contributed by atoms with Crippen molar-refractivity contribution in [1.29, 1.82) is 0 Å². The molecular weight excluding hydrogens is 225 g/mol. The SMILES string of the molecule is COC(=O)C(N)C(C)(C)c1cc(F)ccc1O. The molecule has 1 rings (SSSR count). The smallest absolute Gasteiger partial charge is 0.323 e. The van der Waals surface area contributed by atoms with Crippen LogP contribution in [-0.2, 0) is 14.9 Å². The molecule has 94 valence electrons. The standard InChI is InChI=1S/C12H16FNO3/c1-12(2,10(14)11(16)17-3)8-6-7(13)4-5-9(8)15/h4-6,10,15H,14H2,1-3H3. The molecule has 0 amide bonds. The van der Waals surface area contributed by atoms with E-state index in [4.69, 9.17) is 5.73 Å². The number of ether oxygens (including phenoxy) is 1. The van der Waals surface area contributed by atoms with Gasteiger partial charge in [-0.25, -0.2) is 4.39 Å². The van der Waals surface area contributed by atoms with Crippen LogP contribution in [0.5, 0.6) is 5.75 Å². The topological polar surface area (TPSA) is 72.5 Å². The lowest BCUT2D eigenvalue weighted by molar-refractivity contribution is -0.143. The van der Waals surface area contributed by atoms with E-state index in [2.05, 4.69) is 4.74 Å². The number of phenols is 1. The molecule has 0 fully saturated rings. The van der Waals surface area contributed by atoms with Crippen LogP contribution in [0, 0.1) is 5.82 Å². The molecule has 1 aromatic rings. The first-order chi connectivity index (χ1) is 7.80. The van der Waals surface area contributed by atoms with Crippen molar-refractivity contribution in [1.82, 2.24) is 0 Å². The van der Waals surface area contributed by atoms with E-state index in [1.54, 1.807) is 13.8 Å². The van der Waals surface area contributed by atoms with E-state index in [0.717, 1.165) is 12.1 Å². The van der Waals surface area contributed by atoms with Gasteiger partial charge in [0.1, 0.15) is 17.6 Å². The number of rotatable bonds is 3. The molecule has 0 bridgehead atoms. The molecule has 0 aliphatic carbocycles. The van der Waals surface area contributed by atoms with Gasteiger partial charge in [0, 0.05) is 11.0 Å². The zero-order chi connectivity index (χ0) is 13.2. The molecule has 0 aromatic heterocycles. The number of esters is 1. The zero-order valence-corrected chi connectivity index (χ0v) is 10.0. The first kappa shape index (κ1) is 13.4. The van der Waals surface area contributed by atoms with E-state index in [9.17, 15) is 14.3 Å². The van der Waals surface area contributed by atoms with Crippen molar-refractivity contribution in [3.05, 3.63) is 29.6 Å². The van der Waals surface area contributed by atoms with Crippen molar-refractivity contribution in [2.45, 2.75) is 25.3 Å². The number of phenolic OH excluding ortho intramolecular Hbond substituents is 1. The quantitative estimate of drug-likeness (QED) is 0.782. The van der Waals surface area contributed by atoms with Crippen LogP contribution in [0.25, 0.3) is 0 Å². The Bertz CT molecular complexity index is 432. The van der Waals surface area contributed by atoms with Crippen LogP contribution in [0.3, 0.4) is 0 Å². The van der Waals surface area contributed by atoms with Gasteiger partial charge in [-0.05, 0) is 18.2 Å². The third-order valence-electron chi connectivity index (χ3n) is 2.89. The van der Waals surface area contributed by atoms with E-state index in [0.29, 0.717) is 0 Å². The highest BCUT2D eigenvalue weighted by atomic mass is 19.1. The van der Waals surface area contributed by atoms with E-state index < -0.39 is 23.2 Å². The largest absolute Gasteiger partial charge is 0.508 e. The molecule has 5 heteroatoms. The molecule has 1 unspecified atom stereocenters. The van der Waals surface area contributed by atoms with Gasteiger partial charge in [0.2, 0.25) is 0 Å². The van der Waals surface area contributed by atoms with Crippen LogP contribution in [0.15, 0.2) is 18.2 Å². The number of hydrogen-bond acceptors (Lipinski definition) is 4. The van der Waals surface area contributed by atoms with Crippen molar-refractivity contribution in [2.24, 2.45) is 5.73 Å². The second-order valence-electron chi connectivity index (χ2n) is 4.38. The van der Waals surface area contributed by atoms with Gasteiger partial charge < -0.3 is 15.6 Å². The van der Waals surface area contributed by atoms with Crippen LogP contribution in [0.1, 0.15) is 19.4 Å². The van der Waals surface area contributed by atoms with Gasteiger partial charge in [-0.1, -0.05) is 13.8 Å². The summed E-state index contributed by atoms with van der Waals surface area (Å²) in [6.07, 6.45) is 0. The zero-order valence-electron chi connectivity index (χ0n) is 10.0. The van der Waals surface area contributed by atoms with E-state index in [1.165, 1.54) is 13.2 Å². The lowest BCUT2D eigenvalue weighted by Crippen LogP contribution is -2.47. The number of halogens is 1. The molecule has 0 spiro atoms. The summed E-state index contributed by atoms with van der Waals surface area (Å²) in [4.78, 5) is 11.4. The molecule has 0 radical (unpaired) electrons. The van der Waals surface area contributed by atoms with Crippen LogP contribution in [0.4, 0.5) is 4.39 Å². The van der Waals surface area contributed by atoms with Crippen LogP contribution in [-0.4, -0.2) is 24.2 Å². The maximum Gasteiger partial charge on any atom is 0.323 e. The van der Waals surface area contributed by atoms with Gasteiger partial charge in [-0.15, -0.1) is 0 Å². The summed E-state index contributed by atoms with van der Waals surface area (Å²) in [6, 6.07) is 2.55. The number of hydrogen-bond donors (Lipinski definition) is 2. The Balaban J connectivity index is 3.20. The van der Waals surface area contributed by atoms with Crippen molar-refractivity contribution in [3.8, 4) is 5.75 Å². The van der Waals surface area contributed by atoms with Gasteiger partial charge in [0.25, 0.3) is 0 Å². The lowest BCUT2D eigenvalue weighted by Gasteiger charge is -2.30. The molecule has 3 N–H and O–H groups in total. The van der Waals surface area contributed by atoms with E-state index in [-0.39, 0.29) is 11.3 Å². The number of methoxy groups -OCH3 is 1. The fraction of sp³-hybridized carbons (Fsp3) is 0.417. The Hall–Kier alpha value is -1.62. The van der Waals surface area contributed by atoms with Gasteiger partial charge in [-0.3, -0.25) is 4.79 Å². The van der Waals surface area contributed by atoms with Crippen LogP contribution < -0.4 is 5.73 Å². The molecule has 0 saturated carbocycles. The Morgan fingerprint density at radius 3 is 2.65 bits per heavy atom. The Kier molecular flexibility index (Phi) is 3.72. The minimum atomic E-state index is -0.986. The summed E-state index contributed by atoms with van der Waals surface area (Å²) >= 11 is 0. The molecule has 1 aromatic carbocycles.